The Morgan fingerprint density at radius 3 is 2.67 bits per heavy atom. The molecule has 4 nitrogen and oxygen atoms in total. The third-order valence-electron chi connectivity index (χ3n) is 2.91. The zero-order chi connectivity index (χ0) is 15.4. The molecule has 0 aliphatic rings. The summed E-state index contributed by atoms with van der Waals surface area (Å²) in [4.78, 5) is 12.0. The quantitative estimate of drug-likeness (QED) is 0.861. The van der Waals surface area contributed by atoms with Crippen molar-refractivity contribution in [2.24, 2.45) is 0 Å². The summed E-state index contributed by atoms with van der Waals surface area (Å²) in [6.45, 7) is 1.85. The molecule has 2 aromatic rings. The number of carboxylic acid groups (broad SMARTS) is 1. The Bertz CT molecular complexity index is 735. The average Bonchev–Trinajstić information content (AvgIpc) is 2.46. The molecule has 0 heterocycles. The maximum absolute atomic E-state index is 11.3. The van der Waals surface area contributed by atoms with E-state index in [9.17, 15) is 15.2 Å². The van der Waals surface area contributed by atoms with Crippen LogP contribution in [0.4, 0.5) is 0 Å². The van der Waals surface area contributed by atoms with Crippen LogP contribution < -0.4 is 4.74 Å². The fraction of sp³-hybridized carbons (Fsp3) is 0.125. The molecule has 0 radical (unpaired) electrons. The number of nitrogens with zero attached hydrogens (tertiary/aromatic N) is 1. The Hall–Kier alpha value is -2.45. The molecule has 0 saturated carbocycles. The molecule has 0 aliphatic carbocycles. The normalized spacial score (nSPS) is 9.95. The van der Waals surface area contributed by atoms with E-state index in [4.69, 9.17) is 4.74 Å². The van der Waals surface area contributed by atoms with Gasteiger partial charge in [-0.2, -0.15) is 5.26 Å². The van der Waals surface area contributed by atoms with E-state index in [1.807, 2.05) is 19.2 Å². The molecule has 0 saturated heterocycles. The molecule has 5 heteroatoms. The van der Waals surface area contributed by atoms with Gasteiger partial charge < -0.3 is 9.84 Å². The number of nitriles is 1. The predicted octanol–water partition coefficient (Wildman–Crippen LogP) is 4.08. The summed E-state index contributed by atoms with van der Waals surface area (Å²) < 4.78 is 5.70. The van der Waals surface area contributed by atoms with Gasteiger partial charge in [-0.25, -0.2) is 4.79 Å². The van der Waals surface area contributed by atoms with E-state index in [1.165, 1.54) is 17.8 Å². The third kappa shape index (κ3) is 3.18. The van der Waals surface area contributed by atoms with Crippen molar-refractivity contribution in [2.45, 2.75) is 11.8 Å². The lowest BCUT2D eigenvalue weighted by atomic mass is 10.1. The van der Waals surface area contributed by atoms with Gasteiger partial charge in [0.15, 0.2) is 0 Å². The maximum atomic E-state index is 11.3. The van der Waals surface area contributed by atoms with E-state index in [-0.39, 0.29) is 11.3 Å². The summed E-state index contributed by atoms with van der Waals surface area (Å²) in [5, 5.41) is 18.5. The second kappa shape index (κ2) is 6.33. The fourth-order valence-electron chi connectivity index (χ4n) is 1.89. The lowest BCUT2D eigenvalue weighted by Crippen LogP contribution is -2.01. The zero-order valence-electron chi connectivity index (χ0n) is 11.6. The molecule has 0 aliphatic heterocycles. The smallest absolute Gasteiger partial charge is 0.339 e. The Morgan fingerprint density at radius 2 is 2.05 bits per heavy atom. The van der Waals surface area contributed by atoms with Gasteiger partial charge >= 0.3 is 5.97 Å². The highest BCUT2D eigenvalue weighted by atomic mass is 32.2. The van der Waals surface area contributed by atoms with Crippen LogP contribution in [0, 0.1) is 18.3 Å². The van der Waals surface area contributed by atoms with E-state index in [0.29, 0.717) is 11.3 Å². The Balaban J connectivity index is 2.51. The molecule has 0 bridgehead atoms. The van der Waals surface area contributed by atoms with Crippen molar-refractivity contribution in [1.82, 2.24) is 0 Å². The molecule has 1 N–H and O–H groups in total. The topological polar surface area (TPSA) is 70.3 Å². The van der Waals surface area contributed by atoms with Crippen LogP contribution in [0.2, 0.25) is 0 Å². The number of benzene rings is 2. The van der Waals surface area contributed by atoms with Crippen LogP contribution in [0.25, 0.3) is 0 Å². The number of rotatable bonds is 4. The van der Waals surface area contributed by atoms with Crippen LogP contribution in [-0.2, 0) is 0 Å². The lowest BCUT2D eigenvalue weighted by Gasteiger charge is -2.12. The molecular formula is C16H13NO3S. The van der Waals surface area contributed by atoms with Gasteiger partial charge in [-0.05, 0) is 43.0 Å². The van der Waals surface area contributed by atoms with Crippen LogP contribution in [0.1, 0.15) is 21.5 Å². The Kier molecular flexibility index (Phi) is 4.51. The largest absolute Gasteiger partial charge is 0.478 e. The van der Waals surface area contributed by atoms with E-state index >= 15 is 0 Å². The van der Waals surface area contributed by atoms with Crippen LogP contribution in [-0.4, -0.2) is 17.3 Å². The van der Waals surface area contributed by atoms with Crippen LogP contribution in [0.15, 0.2) is 41.3 Å². The second-order valence-corrected chi connectivity index (χ2v) is 5.20. The van der Waals surface area contributed by atoms with Gasteiger partial charge in [0, 0.05) is 4.90 Å². The maximum Gasteiger partial charge on any atom is 0.339 e. The lowest BCUT2D eigenvalue weighted by molar-refractivity contribution is 0.0694. The van der Waals surface area contributed by atoms with Gasteiger partial charge in [0.2, 0.25) is 0 Å². The van der Waals surface area contributed by atoms with Gasteiger partial charge in [0.1, 0.15) is 28.7 Å². The minimum absolute atomic E-state index is 0.0686. The molecule has 0 amide bonds. The predicted molar refractivity (Wildman–Crippen MR) is 81.2 cm³/mol. The van der Waals surface area contributed by atoms with Crippen LogP contribution in [0.3, 0.4) is 0 Å². The Labute approximate surface area is 127 Å². The number of thioether (sulfide) groups is 1. The van der Waals surface area contributed by atoms with Crippen LogP contribution >= 0.6 is 11.8 Å². The number of aromatic carboxylic acids is 1. The Morgan fingerprint density at radius 1 is 1.29 bits per heavy atom. The van der Waals surface area contributed by atoms with Gasteiger partial charge in [0.05, 0.1) is 0 Å². The van der Waals surface area contributed by atoms with E-state index < -0.39 is 5.97 Å². The highest BCUT2D eigenvalue weighted by Crippen LogP contribution is 2.33. The summed E-state index contributed by atoms with van der Waals surface area (Å²) >= 11 is 1.44. The molecule has 0 aromatic heterocycles. The number of aryl methyl sites for hydroxylation is 1. The van der Waals surface area contributed by atoms with Gasteiger partial charge in [-0.3, -0.25) is 0 Å². The SMILES string of the molecule is CSc1cccc(Oc2cc(C)ccc2C(=O)O)c1C#N. The van der Waals surface area contributed by atoms with Crippen molar-refractivity contribution in [1.29, 1.82) is 5.26 Å². The zero-order valence-corrected chi connectivity index (χ0v) is 12.4. The summed E-state index contributed by atoms with van der Waals surface area (Å²) in [5.74, 6) is -0.473. The molecule has 2 rings (SSSR count). The van der Waals surface area contributed by atoms with Gasteiger partial charge in [0.25, 0.3) is 0 Å². The highest BCUT2D eigenvalue weighted by molar-refractivity contribution is 7.98. The summed E-state index contributed by atoms with van der Waals surface area (Å²) in [5.41, 5.74) is 1.36. The van der Waals surface area contributed by atoms with Crippen molar-refractivity contribution in [3.05, 3.63) is 53.1 Å². The minimum atomic E-state index is -1.07. The molecule has 0 spiro atoms. The van der Waals surface area contributed by atoms with Crippen LogP contribution in [0.5, 0.6) is 11.5 Å². The number of hydrogen-bond acceptors (Lipinski definition) is 4. The third-order valence-corrected chi connectivity index (χ3v) is 3.69. The molecule has 0 atom stereocenters. The summed E-state index contributed by atoms with van der Waals surface area (Å²) in [7, 11) is 0. The first kappa shape index (κ1) is 14.9. The number of carbonyl (C=O) groups is 1. The standard InChI is InChI=1S/C16H13NO3S/c1-10-6-7-11(16(18)19)14(8-10)20-13-4-3-5-15(21-2)12(13)9-17/h3-8H,1-2H3,(H,18,19). The average molecular weight is 299 g/mol. The van der Waals surface area contributed by atoms with Crippen molar-refractivity contribution in [3.8, 4) is 17.6 Å². The monoisotopic (exact) mass is 299 g/mol. The number of carboxylic acids is 1. The molecule has 0 fully saturated rings. The number of ether oxygens (including phenoxy) is 1. The molecular weight excluding hydrogens is 286 g/mol. The van der Waals surface area contributed by atoms with E-state index in [2.05, 4.69) is 6.07 Å². The fourth-order valence-corrected chi connectivity index (χ4v) is 2.45. The summed E-state index contributed by atoms with van der Waals surface area (Å²) in [6.07, 6.45) is 1.87. The minimum Gasteiger partial charge on any atom is -0.478 e. The summed E-state index contributed by atoms with van der Waals surface area (Å²) in [6, 6.07) is 12.2. The highest BCUT2D eigenvalue weighted by Gasteiger charge is 2.15. The first-order valence-electron chi connectivity index (χ1n) is 6.15. The molecule has 106 valence electrons. The molecule has 2 aromatic carbocycles. The van der Waals surface area contributed by atoms with Gasteiger partial charge in [-0.15, -0.1) is 11.8 Å². The first-order chi connectivity index (χ1) is 10.1. The molecule has 0 unspecified atom stereocenters. The van der Waals surface area contributed by atoms with Gasteiger partial charge in [-0.1, -0.05) is 12.1 Å². The van der Waals surface area contributed by atoms with E-state index in [0.717, 1.165) is 10.5 Å². The van der Waals surface area contributed by atoms with Crippen molar-refractivity contribution < 1.29 is 14.6 Å². The first-order valence-corrected chi connectivity index (χ1v) is 7.38. The van der Waals surface area contributed by atoms with Crippen molar-refractivity contribution >= 4 is 17.7 Å². The van der Waals surface area contributed by atoms with E-state index in [1.54, 1.807) is 24.3 Å². The van der Waals surface area contributed by atoms with Crippen molar-refractivity contribution in [3.63, 3.8) is 0 Å². The molecule has 21 heavy (non-hydrogen) atoms. The second-order valence-electron chi connectivity index (χ2n) is 4.35. The van der Waals surface area contributed by atoms with Crippen molar-refractivity contribution in [2.75, 3.05) is 6.26 Å². The number of hydrogen-bond donors (Lipinski definition) is 1.